The zero-order chi connectivity index (χ0) is 23.0. The van der Waals surface area contributed by atoms with Crippen LogP contribution in [-0.4, -0.2) is 89.2 Å². The number of hydrogen-bond donors (Lipinski definition) is 2. The number of benzene rings is 1. The molecule has 1 atom stereocenters. The highest BCUT2D eigenvalue weighted by atomic mass is 32.2. The Balaban J connectivity index is 2.15. The number of nitro groups is 1. The second-order valence-electron chi connectivity index (χ2n) is 8.45. The number of nitrogens with zero attached hydrogens (tertiary/aromatic N) is 3. The summed E-state index contributed by atoms with van der Waals surface area (Å²) in [4.78, 5) is 15.2. The van der Waals surface area contributed by atoms with Gasteiger partial charge in [0, 0.05) is 44.8 Å². The average Bonchev–Trinajstić information content (AvgIpc) is 2.70. The van der Waals surface area contributed by atoms with Gasteiger partial charge in [-0.25, -0.2) is 13.1 Å². The third-order valence-electron chi connectivity index (χ3n) is 5.16. The fourth-order valence-corrected chi connectivity index (χ4v) is 4.58. The molecule has 1 aromatic rings. The number of nitro benzene ring substituents is 1. The van der Waals surface area contributed by atoms with E-state index in [0.29, 0.717) is 37.9 Å². The van der Waals surface area contributed by atoms with E-state index in [2.05, 4.69) is 28.8 Å². The van der Waals surface area contributed by atoms with Crippen molar-refractivity contribution in [1.82, 2.24) is 14.5 Å². The molecule has 31 heavy (non-hydrogen) atoms. The van der Waals surface area contributed by atoms with E-state index >= 15 is 0 Å². The standard InChI is InChI=1S/C20H35N5O5S/c1-16(2)13-17(24-9-11-30-12-10-24)15-21-19-6-5-18(14-20(19)25(26)27)31(28,29)22-7-8-23(3)4/h5-6,14,16-17,21-22H,7-13,15H2,1-4H3. The summed E-state index contributed by atoms with van der Waals surface area (Å²) in [5.41, 5.74) is 0.0695. The molecule has 1 aromatic carbocycles. The molecule has 0 spiro atoms. The zero-order valence-electron chi connectivity index (χ0n) is 18.8. The van der Waals surface area contributed by atoms with Crippen molar-refractivity contribution in [3.63, 3.8) is 0 Å². The van der Waals surface area contributed by atoms with Gasteiger partial charge in [-0.1, -0.05) is 13.8 Å². The molecule has 1 fully saturated rings. The molecule has 0 aliphatic carbocycles. The highest BCUT2D eigenvalue weighted by Gasteiger charge is 2.25. The van der Waals surface area contributed by atoms with E-state index in [4.69, 9.17) is 4.74 Å². The first-order valence-corrected chi connectivity index (χ1v) is 12.1. The molecule has 2 N–H and O–H groups in total. The van der Waals surface area contributed by atoms with Crippen molar-refractivity contribution in [3.8, 4) is 0 Å². The predicted octanol–water partition coefficient (Wildman–Crippen LogP) is 1.59. The fourth-order valence-electron chi connectivity index (χ4n) is 3.54. The zero-order valence-corrected chi connectivity index (χ0v) is 19.7. The van der Waals surface area contributed by atoms with Crippen molar-refractivity contribution in [3.05, 3.63) is 28.3 Å². The number of nitrogens with one attached hydrogen (secondary N) is 2. The lowest BCUT2D eigenvalue weighted by atomic mass is 10.0. The third kappa shape index (κ3) is 8.00. The van der Waals surface area contributed by atoms with Crippen LogP contribution >= 0.6 is 0 Å². The molecule has 1 unspecified atom stereocenters. The van der Waals surface area contributed by atoms with Gasteiger partial charge >= 0.3 is 0 Å². The van der Waals surface area contributed by atoms with E-state index in [1.807, 2.05) is 19.0 Å². The third-order valence-corrected chi connectivity index (χ3v) is 6.62. The molecule has 0 radical (unpaired) electrons. The minimum Gasteiger partial charge on any atom is -0.379 e. The summed E-state index contributed by atoms with van der Waals surface area (Å²) in [6, 6.07) is 4.20. The fraction of sp³-hybridized carbons (Fsp3) is 0.700. The molecule has 0 aromatic heterocycles. The van der Waals surface area contributed by atoms with Crippen molar-refractivity contribution in [1.29, 1.82) is 0 Å². The Hall–Kier alpha value is -1.79. The molecule has 1 saturated heterocycles. The second-order valence-corrected chi connectivity index (χ2v) is 10.2. The molecule has 1 aliphatic rings. The summed E-state index contributed by atoms with van der Waals surface area (Å²) in [6.45, 7) is 8.61. The Morgan fingerprint density at radius 3 is 2.52 bits per heavy atom. The summed E-state index contributed by atoms with van der Waals surface area (Å²) < 4.78 is 32.9. The molecule has 1 heterocycles. The minimum atomic E-state index is -3.82. The molecule has 176 valence electrons. The highest BCUT2D eigenvalue weighted by molar-refractivity contribution is 7.89. The highest BCUT2D eigenvalue weighted by Crippen LogP contribution is 2.28. The SMILES string of the molecule is CC(C)CC(CNc1ccc(S(=O)(=O)NCCN(C)C)cc1[N+](=O)[O-])N1CCOCC1. The van der Waals surface area contributed by atoms with E-state index in [1.54, 1.807) is 0 Å². The molecular formula is C20H35N5O5S. The number of hydrogen-bond acceptors (Lipinski definition) is 8. The van der Waals surface area contributed by atoms with Crippen molar-refractivity contribution in [2.45, 2.75) is 31.2 Å². The lowest BCUT2D eigenvalue weighted by Crippen LogP contribution is -2.47. The van der Waals surface area contributed by atoms with Gasteiger partial charge in [0.2, 0.25) is 10.0 Å². The number of anilines is 1. The summed E-state index contributed by atoms with van der Waals surface area (Å²) in [6.07, 6.45) is 0.947. The van der Waals surface area contributed by atoms with E-state index < -0.39 is 14.9 Å². The summed E-state index contributed by atoms with van der Waals surface area (Å²) in [5.74, 6) is 0.477. The first-order valence-electron chi connectivity index (χ1n) is 10.6. The molecule has 1 aliphatic heterocycles. The van der Waals surface area contributed by atoms with Gasteiger partial charge in [-0.05, 0) is 38.6 Å². The lowest BCUT2D eigenvalue weighted by Gasteiger charge is -2.35. The largest absolute Gasteiger partial charge is 0.379 e. The summed E-state index contributed by atoms with van der Waals surface area (Å²) >= 11 is 0. The predicted molar refractivity (Wildman–Crippen MR) is 121 cm³/mol. The molecule has 0 saturated carbocycles. The maximum Gasteiger partial charge on any atom is 0.293 e. The number of sulfonamides is 1. The van der Waals surface area contributed by atoms with Crippen LogP contribution in [0, 0.1) is 16.0 Å². The van der Waals surface area contributed by atoms with Gasteiger partial charge in [0.05, 0.1) is 23.0 Å². The molecular weight excluding hydrogens is 422 g/mol. The van der Waals surface area contributed by atoms with Crippen LogP contribution in [0.4, 0.5) is 11.4 Å². The molecule has 10 nitrogen and oxygen atoms in total. The Bertz CT molecular complexity index is 825. The van der Waals surface area contributed by atoms with Crippen LogP contribution in [0.3, 0.4) is 0 Å². The Morgan fingerprint density at radius 2 is 1.94 bits per heavy atom. The van der Waals surface area contributed by atoms with Crippen LogP contribution in [0.2, 0.25) is 0 Å². The van der Waals surface area contributed by atoms with Crippen molar-refractivity contribution in [2.24, 2.45) is 5.92 Å². The van der Waals surface area contributed by atoms with Crippen molar-refractivity contribution >= 4 is 21.4 Å². The van der Waals surface area contributed by atoms with Gasteiger partial charge in [0.25, 0.3) is 5.69 Å². The van der Waals surface area contributed by atoms with Crippen LogP contribution in [0.25, 0.3) is 0 Å². The molecule has 0 amide bonds. The van der Waals surface area contributed by atoms with Crippen LogP contribution < -0.4 is 10.0 Å². The van der Waals surface area contributed by atoms with Gasteiger partial charge in [-0.3, -0.25) is 15.0 Å². The van der Waals surface area contributed by atoms with Crippen LogP contribution in [0.5, 0.6) is 0 Å². The van der Waals surface area contributed by atoms with Crippen molar-refractivity contribution < 1.29 is 18.1 Å². The normalized spacial score (nSPS) is 16.6. The van der Waals surface area contributed by atoms with Gasteiger partial charge in [-0.15, -0.1) is 0 Å². The van der Waals surface area contributed by atoms with Gasteiger partial charge < -0.3 is 15.0 Å². The van der Waals surface area contributed by atoms with Crippen molar-refractivity contribution in [2.75, 3.05) is 65.3 Å². The smallest absolute Gasteiger partial charge is 0.293 e. The lowest BCUT2D eigenvalue weighted by molar-refractivity contribution is -0.384. The van der Waals surface area contributed by atoms with Crippen LogP contribution in [-0.2, 0) is 14.8 Å². The van der Waals surface area contributed by atoms with Crippen LogP contribution in [0.15, 0.2) is 23.1 Å². The summed E-state index contributed by atoms with van der Waals surface area (Å²) in [7, 11) is -0.151. The maximum atomic E-state index is 12.5. The van der Waals surface area contributed by atoms with Gasteiger partial charge in [0.15, 0.2) is 0 Å². The maximum absolute atomic E-state index is 12.5. The number of morpholine rings is 1. The first-order chi connectivity index (χ1) is 14.6. The Morgan fingerprint density at radius 1 is 1.26 bits per heavy atom. The Kier molecular flexibility index (Phi) is 9.63. The Labute approximate surface area is 185 Å². The van der Waals surface area contributed by atoms with Crippen LogP contribution in [0.1, 0.15) is 20.3 Å². The molecule has 0 bridgehead atoms. The quantitative estimate of drug-likeness (QED) is 0.359. The number of rotatable bonds is 12. The van der Waals surface area contributed by atoms with Gasteiger partial charge in [-0.2, -0.15) is 0 Å². The first kappa shape index (κ1) is 25.5. The molecule has 2 rings (SSSR count). The minimum absolute atomic E-state index is 0.115. The number of ether oxygens (including phenoxy) is 1. The second kappa shape index (κ2) is 11.7. The average molecular weight is 458 g/mol. The van der Waals surface area contributed by atoms with E-state index in [1.165, 1.54) is 12.1 Å². The summed E-state index contributed by atoms with van der Waals surface area (Å²) in [5, 5.41) is 14.8. The van der Waals surface area contributed by atoms with E-state index in [9.17, 15) is 18.5 Å². The van der Waals surface area contributed by atoms with Gasteiger partial charge in [0.1, 0.15) is 5.69 Å². The monoisotopic (exact) mass is 457 g/mol. The topological polar surface area (TPSA) is 117 Å². The number of likely N-dealkylation sites (N-methyl/N-ethyl adjacent to an activating group) is 1. The van der Waals surface area contributed by atoms with E-state index in [-0.39, 0.29) is 23.2 Å². The molecule has 11 heteroatoms. The van der Waals surface area contributed by atoms with E-state index in [0.717, 1.165) is 25.6 Å².